The molecule has 5 heteroatoms. The number of carbonyl (C=O) groups excluding carboxylic acids is 1. The van der Waals surface area contributed by atoms with Gasteiger partial charge in [0.2, 0.25) is 5.91 Å². The summed E-state index contributed by atoms with van der Waals surface area (Å²) in [6.07, 6.45) is 1.58. The van der Waals surface area contributed by atoms with E-state index in [1.54, 1.807) is 38.1 Å². The Morgan fingerprint density at radius 3 is 2.33 bits per heavy atom. The number of nitrogens with one attached hydrogen (secondary N) is 1. The summed E-state index contributed by atoms with van der Waals surface area (Å²) in [7, 11) is 0. The van der Waals surface area contributed by atoms with Crippen LogP contribution in [-0.4, -0.2) is 23.5 Å². The van der Waals surface area contributed by atoms with Crippen LogP contribution in [0, 0.1) is 5.92 Å². The van der Waals surface area contributed by atoms with Crippen molar-refractivity contribution in [3.8, 4) is 0 Å². The Morgan fingerprint density at radius 1 is 1.29 bits per heavy atom. The van der Waals surface area contributed by atoms with E-state index >= 15 is 0 Å². The summed E-state index contributed by atoms with van der Waals surface area (Å²) in [5, 5.41) is 12.0. The van der Waals surface area contributed by atoms with Gasteiger partial charge in [-0.25, -0.2) is 0 Å². The lowest BCUT2D eigenvalue weighted by Gasteiger charge is -2.20. The first-order valence-corrected chi connectivity index (χ1v) is 7.14. The van der Waals surface area contributed by atoms with Gasteiger partial charge in [0.15, 0.2) is 0 Å². The van der Waals surface area contributed by atoms with E-state index in [1.807, 2.05) is 6.92 Å². The molecular formula is C16H24N2O3. The number of anilines is 1. The van der Waals surface area contributed by atoms with Crippen LogP contribution in [0.3, 0.4) is 0 Å². The molecule has 1 aromatic rings. The van der Waals surface area contributed by atoms with Crippen molar-refractivity contribution in [3.05, 3.63) is 29.8 Å². The minimum absolute atomic E-state index is 0.0475. The summed E-state index contributed by atoms with van der Waals surface area (Å²) in [4.78, 5) is 23.2. The Hall–Kier alpha value is -1.88. The number of rotatable bonds is 7. The largest absolute Gasteiger partial charge is 0.481 e. The second-order valence-electron chi connectivity index (χ2n) is 5.83. The number of hydrogen-bond acceptors (Lipinski definition) is 3. The molecule has 21 heavy (non-hydrogen) atoms. The fourth-order valence-corrected chi connectivity index (χ4v) is 1.91. The van der Waals surface area contributed by atoms with E-state index in [0.29, 0.717) is 17.8 Å². The lowest BCUT2D eigenvalue weighted by molar-refractivity contribution is -0.142. The second-order valence-corrected chi connectivity index (χ2v) is 5.83. The maximum Gasteiger partial charge on any atom is 0.313 e. The van der Waals surface area contributed by atoms with Gasteiger partial charge in [0, 0.05) is 11.6 Å². The van der Waals surface area contributed by atoms with Crippen LogP contribution in [-0.2, 0) is 15.0 Å². The standard InChI is InChI=1S/C16H24N2O3/c1-11(5-4-10-17)14(19)18-13-8-6-12(7-9-13)16(2,3)15(20)21/h6-9,11H,4-5,10,17H2,1-3H3,(H,18,19)(H,20,21). The molecule has 1 atom stereocenters. The minimum Gasteiger partial charge on any atom is -0.481 e. The molecule has 1 unspecified atom stereocenters. The average molecular weight is 292 g/mol. The topological polar surface area (TPSA) is 92.4 Å². The van der Waals surface area contributed by atoms with E-state index in [0.717, 1.165) is 12.8 Å². The van der Waals surface area contributed by atoms with Gasteiger partial charge < -0.3 is 16.2 Å². The van der Waals surface area contributed by atoms with Crippen LogP contribution in [0.5, 0.6) is 0 Å². The molecule has 0 radical (unpaired) electrons. The molecule has 1 aromatic carbocycles. The number of carbonyl (C=O) groups is 2. The SMILES string of the molecule is CC(CCCN)C(=O)Nc1ccc(C(C)(C)C(=O)O)cc1. The van der Waals surface area contributed by atoms with Crippen molar-refractivity contribution < 1.29 is 14.7 Å². The maximum atomic E-state index is 12.0. The molecule has 1 amide bonds. The first-order valence-electron chi connectivity index (χ1n) is 7.14. The Bertz CT molecular complexity index is 495. The van der Waals surface area contributed by atoms with Crippen molar-refractivity contribution in [2.24, 2.45) is 11.7 Å². The van der Waals surface area contributed by atoms with Gasteiger partial charge in [-0.05, 0) is 50.9 Å². The zero-order valence-corrected chi connectivity index (χ0v) is 12.8. The van der Waals surface area contributed by atoms with Crippen LogP contribution in [0.25, 0.3) is 0 Å². The third-order valence-corrected chi connectivity index (χ3v) is 3.70. The molecule has 0 heterocycles. The van der Waals surface area contributed by atoms with Crippen LogP contribution >= 0.6 is 0 Å². The fraction of sp³-hybridized carbons (Fsp3) is 0.500. The summed E-state index contributed by atoms with van der Waals surface area (Å²) in [6.45, 7) is 5.75. The summed E-state index contributed by atoms with van der Waals surface area (Å²) in [5.74, 6) is -1.02. The summed E-state index contributed by atoms with van der Waals surface area (Å²) < 4.78 is 0. The normalized spacial score (nSPS) is 12.8. The molecule has 0 spiro atoms. The smallest absolute Gasteiger partial charge is 0.313 e. The molecule has 5 nitrogen and oxygen atoms in total. The van der Waals surface area contributed by atoms with Crippen molar-refractivity contribution in [1.29, 1.82) is 0 Å². The van der Waals surface area contributed by atoms with E-state index < -0.39 is 11.4 Å². The van der Waals surface area contributed by atoms with E-state index in [-0.39, 0.29) is 11.8 Å². The van der Waals surface area contributed by atoms with Gasteiger partial charge in [0.05, 0.1) is 5.41 Å². The quantitative estimate of drug-likeness (QED) is 0.719. The molecule has 4 N–H and O–H groups in total. The lowest BCUT2D eigenvalue weighted by Crippen LogP contribution is -2.28. The molecule has 0 aromatic heterocycles. The summed E-state index contributed by atoms with van der Waals surface area (Å²) in [5.41, 5.74) is 5.85. The number of hydrogen-bond donors (Lipinski definition) is 3. The second kappa shape index (κ2) is 7.22. The molecule has 116 valence electrons. The Labute approximate surface area is 125 Å². The van der Waals surface area contributed by atoms with Crippen molar-refractivity contribution in [2.75, 3.05) is 11.9 Å². The zero-order valence-electron chi connectivity index (χ0n) is 12.8. The number of carboxylic acids is 1. The summed E-state index contributed by atoms with van der Waals surface area (Å²) >= 11 is 0. The lowest BCUT2D eigenvalue weighted by atomic mass is 9.85. The Kier molecular flexibility index (Phi) is 5.90. The molecular weight excluding hydrogens is 268 g/mol. The van der Waals surface area contributed by atoms with Crippen LogP contribution in [0.4, 0.5) is 5.69 Å². The first-order chi connectivity index (χ1) is 9.78. The highest BCUT2D eigenvalue weighted by Crippen LogP contribution is 2.25. The van der Waals surface area contributed by atoms with E-state index in [1.165, 1.54) is 0 Å². The number of amides is 1. The molecule has 0 aliphatic rings. The number of aliphatic carboxylic acids is 1. The van der Waals surface area contributed by atoms with Crippen molar-refractivity contribution in [3.63, 3.8) is 0 Å². The monoisotopic (exact) mass is 292 g/mol. The highest BCUT2D eigenvalue weighted by molar-refractivity contribution is 5.92. The minimum atomic E-state index is -0.947. The predicted octanol–water partition coefficient (Wildman–Crippen LogP) is 2.36. The number of benzene rings is 1. The van der Waals surface area contributed by atoms with Gasteiger partial charge in [-0.3, -0.25) is 9.59 Å². The molecule has 0 saturated heterocycles. The van der Waals surface area contributed by atoms with Crippen molar-refractivity contribution in [1.82, 2.24) is 0 Å². The number of nitrogens with two attached hydrogens (primary N) is 1. The van der Waals surface area contributed by atoms with E-state index in [2.05, 4.69) is 5.32 Å². The zero-order chi connectivity index (χ0) is 16.0. The Balaban J connectivity index is 2.71. The highest BCUT2D eigenvalue weighted by atomic mass is 16.4. The average Bonchev–Trinajstić information content (AvgIpc) is 2.45. The molecule has 0 aliphatic carbocycles. The third-order valence-electron chi connectivity index (χ3n) is 3.70. The highest BCUT2D eigenvalue weighted by Gasteiger charge is 2.29. The molecule has 0 bridgehead atoms. The molecule has 0 saturated carbocycles. The number of carboxylic acid groups (broad SMARTS) is 1. The van der Waals surface area contributed by atoms with E-state index in [4.69, 9.17) is 5.73 Å². The van der Waals surface area contributed by atoms with Gasteiger partial charge in [-0.1, -0.05) is 19.1 Å². The van der Waals surface area contributed by atoms with Crippen LogP contribution < -0.4 is 11.1 Å². The van der Waals surface area contributed by atoms with Crippen LogP contribution in [0.1, 0.15) is 39.2 Å². The van der Waals surface area contributed by atoms with Gasteiger partial charge in [0.25, 0.3) is 0 Å². The van der Waals surface area contributed by atoms with Gasteiger partial charge in [-0.15, -0.1) is 0 Å². The first kappa shape index (κ1) is 17.2. The predicted molar refractivity (Wildman–Crippen MR) is 83.2 cm³/mol. The van der Waals surface area contributed by atoms with Crippen LogP contribution in [0.2, 0.25) is 0 Å². The van der Waals surface area contributed by atoms with Crippen molar-refractivity contribution >= 4 is 17.6 Å². The molecule has 1 rings (SSSR count). The Morgan fingerprint density at radius 2 is 1.86 bits per heavy atom. The molecule has 0 fully saturated rings. The van der Waals surface area contributed by atoms with Gasteiger partial charge in [0.1, 0.15) is 0 Å². The fourth-order valence-electron chi connectivity index (χ4n) is 1.91. The van der Waals surface area contributed by atoms with Gasteiger partial charge >= 0.3 is 5.97 Å². The van der Waals surface area contributed by atoms with Crippen molar-refractivity contribution in [2.45, 2.75) is 39.0 Å². The maximum absolute atomic E-state index is 12.0. The third kappa shape index (κ3) is 4.56. The molecule has 0 aliphatic heterocycles. The van der Waals surface area contributed by atoms with Crippen LogP contribution in [0.15, 0.2) is 24.3 Å². The van der Waals surface area contributed by atoms with E-state index in [9.17, 15) is 14.7 Å². The van der Waals surface area contributed by atoms with Gasteiger partial charge in [-0.2, -0.15) is 0 Å². The summed E-state index contributed by atoms with van der Waals surface area (Å²) in [6, 6.07) is 6.92.